The molecule has 5 nitrogen and oxygen atoms in total. The van der Waals surface area contributed by atoms with Gasteiger partial charge >= 0.3 is 0 Å². The Morgan fingerprint density at radius 3 is 2.54 bits per heavy atom. The Labute approximate surface area is 156 Å². The van der Waals surface area contributed by atoms with Crippen LogP contribution in [-0.4, -0.2) is 60.5 Å². The molecule has 0 N–H and O–H groups in total. The van der Waals surface area contributed by atoms with Crippen molar-refractivity contribution in [1.82, 2.24) is 9.80 Å². The number of fused-ring (bicyclic) bond motifs is 1. The summed E-state index contributed by atoms with van der Waals surface area (Å²) in [5.41, 5.74) is 1.28. The number of ether oxygens (including phenoxy) is 1. The molecule has 2 aliphatic rings. The zero-order chi connectivity index (χ0) is 18.5. The number of likely N-dealkylation sites (tertiary alicyclic amines) is 2. The predicted octanol–water partition coefficient (Wildman–Crippen LogP) is 2.81. The molecule has 2 amide bonds. The molecule has 5 heteroatoms. The number of carbonyl (C=O) groups excluding carboxylic acids is 2. The van der Waals surface area contributed by atoms with Crippen molar-refractivity contribution >= 4 is 11.8 Å². The maximum absolute atomic E-state index is 12.8. The van der Waals surface area contributed by atoms with Crippen molar-refractivity contribution in [3.05, 3.63) is 35.9 Å². The lowest BCUT2D eigenvalue weighted by Gasteiger charge is -2.49. The summed E-state index contributed by atoms with van der Waals surface area (Å²) in [4.78, 5) is 29.3. The zero-order valence-electron chi connectivity index (χ0n) is 15.9. The first-order chi connectivity index (χ1) is 12.6. The highest BCUT2D eigenvalue weighted by Crippen LogP contribution is 2.39. The molecule has 0 bridgehead atoms. The highest BCUT2D eigenvalue weighted by molar-refractivity contribution is 5.78. The monoisotopic (exact) mass is 358 g/mol. The van der Waals surface area contributed by atoms with E-state index in [1.54, 1.807) is 14.0 Å². The maximum atomic E-state index is 12.8. The average Bonchev–Trinajstić information content (AvgIpc) is 2.89. The topological polar surface area (TPSA) is 49.9 Å². The van der Waals surface area contributed by atoms with Gasteiger partial charge in [0.1, 0.15) is 0 Å². The quantitative estimate of drug-likeness (QED) is 0.832. The van der Waals surface area contributed by atoms with Crippen molar-refractivity contribution in [2.75, 3.05) is 26.8 Å². The number of rotatable bonds is 4. The number of hydrogen-bond donors (Lipinski definition) is 0. The van der Waals surface area contributed by atoms with Gasteiger partial charge in [-0.05, 0) is 31.2 Å². The van der Waals surface area contributed by atoms with E-state index < -0.39 is 0 Å². The van der Waals surface area contributed by atoms with Crippen molar-refractivity contribution in [2.45, 2.75) is 57.0 Å². The molecule has 26 heavy (non-hydrogen) atoms. The predicted molar refractivity (Wildman–Crippen MR) is 101 cm³/mol. The molecule has 1 aromatic rings. The van der Waals surface area contributed by atoms with Gasteiger partial charge < -0.3 is 14.5 Å². The van der Waals surface area contributed by atoms with Crippen LogP contribution in [0.25, 0.3) is 0 Å². The molecular formula is C21H30N2O3. The molecular weight excluding hydrogens is 328 g/mol. The third-order valence-electron chi connectivity index (χ3n) is 5.87. The SMILES string of the molecule is COCCC(=O)N1CC[C@H](c2ccccc2)[C@@H]2[C@H]1CCCCN2C(C)=O. The number of piperidine rings is 1. The van der Waals surface area contributed by atoms with E-state index in [1.807, 2.05) is 15.9 Å². The van der Waals surface area contributed by atoms with Gasteiger partial charge in [0.15, 0.2) is 0 Å². The molecule has 2 aliphatic heterocycles. The van der Waals surface area contributed by atoms with Gasteiger partial charge in [-0.3, -0.25) is 9.59 Å². The minimum Gasteiger partial charge on any atom is -0.384 e. The van der Waals surface area contributed by atoms with Crippen LogP contribution in [0.2, 0.25) is 0 Å². The minimum absolute atomic E-state index is 0.0673. The number of carbonyl (C=O) groups is 2. The first kappa shape index (κ1) is 18.9. The lowest BCUT2D eigenvalue weighted by molar-refractivity contribution is -0.143. The molecule has 0 radical (unpaired) electrons. The van der Waals surface area contributed by atoms with Gasteiger partial charge in [-0.2, -0.15) is 0 Å². The zero-order valence-corrected chi connectivity index (χ0v) is 15.9. The van der Waals surface area contributed by atoms with E-state index in [-0.39, 0.29) is 29.8 Å². The summed E-state index contributed by atoms with van der Waals surface area (Å²) < 4.78 is 5.10. The van der Waals surface area contributed by atoms with E-state index in [2.05, 4.69) is 24.3 Å². The van der Waals surface area contributed by atoms with E-state index in [0.717, 1.165) is 38.8 Å². The fraction of sp³-hybridized carbons (Fsp3) is 0.619. The van der Waals surface area contributed by atoms with E-state index in [4.69, 9.17) is 4.74 Å². The number of nitrogens with zero attached hydrogens (tertiary/aromatic N) is 2. The van der Waals surface area contributed by atoms with Gasteiger partial charge in [0.05, 0.1) is 25.1 Å². The van der Waals surface area contributed by atoms with Crippen molar-refractivity contribution in [3.8, 4) is 0 Å². The molecule has 2 heterocycles. The average molecular weight is 358 g/mol. The number of methoxy groups -OCH3 is 1. The molecule has 0 aromatic heterocycles. The molecule has 0 unspecified atom stereocenters. The van der Waals surface area contributed by atoms with Crippen molar-refractivity contribution < 1.29 is 14.3 Å². The van der Waals surface area contributed by atoms with E-state index in [9.17, 15) is 9.59 Å². The first-order valence-corrected chi connectivity index (χ1v) is 9.74. The molecule has 1 aromatic carbocycles. The Kier molecular flexibility index (Phi) is 6.30. The number of hydrogen-bond acceptors (Lipinski definition) is 3. The van der Waals surface area contributed by atoms with Gasteiger partial charge in [0, 0.05) is 33.0 Å². The Morgan fingerprint density at radius 2 is 1.85 bits per heavy atom. The van der Waals surface area contributed by atoms with Crippen molar-refractivity contribution in [2.24, 2.45) is 0 Å². The van der Waals surface area contributed by atoms with Crippen LogP contribution >= 0.6 is 0 Å². The summed E-state index contributed by atoms with van der Waals surface area (Å²) in [7, 11) is 1.63. The molecule has 2 saturated heterocycles. The van der Waals surface area contributed by atoms with E-state index in [0.29, 0.717) is 13.0 Å². The van der Waals surface area contributed by atoms with Crippen LogP contribution in [0.5, 0.6) is 0 Å². The molecule has 0 saturated carbocycles. The summed E-state index contributed by atoms with van der Waals surface area (Å²) in [6.07, 6.45) is 4.34. The summed E-state index contributed by atoms with van der Waals surface area (Å²) in [6, 6.07) is 10.6. The van der Waals surface area contributed by atoms with Crippen molar-refractivity contribution in [1.29, 1.82) is 0 Å². The van der Waals surface area contributed by atoms with Crippen LogP contribution in [0, 0.1) is 0 Å². The summed E-state index contributed by atoms with van der Waals surface area (Å²) in [6.45, 7) is 3.66. The lowest BCUT2D eigenvalue weighted by atomic mass is 9.78. The molecule has 3 rings (SSSR count). The summed E-state index contributed by atoms with van der Waals surface area (Å²) in [5.74, 6) is 0.558. The first-order valence-electron chi connectivity index (χ1n) is 9.74. The van der Waals surface area contributed by atoms with Crippen LogP contribution in [-0.2, 0) is 14.3 Å². The van der Waals surface area contributed by atoms with Gasteiger partial charge in [0.25, 0.3) is 0 Å². The normalized spacial score (nSPS) is 26.2. The second-order valence-corrected chi connectivity index (χ2v) is 7.40. The Hall–Kier alpha value is -1.88. The second kappa shape index (κ2) is 8.67. The van der Waals surface area contributed by atoms with Crippen LogP contribution in [0.3, 0.4) is 0 Å². The highest BCUT2D eigenvalue weighted by atomic mass is 16.5. The minimum atomic E-state index is 0.0673. The van der Waals surface area contributed by atoms with E-state index >= 15 is 0 Å². The number of amides is 2. The third-order valence-corrected chi connectivity index (χ3v) is 5.87. The van der Waals surface area contributed by atoms with E-state index in [1.165, 1.54) is 5.56 Å². The largest absolute Gasteiger partial charge is 0.384 e. The third kappa shape index (κ3) is 3.93. The van der Waals surface area contributed by atoms with Crippen molar-refractivity contribution in [3.63, 3.8) is 0 Å². The standard InChI is InChI=1S/C21H30N2O3/c1-16(24)22-13-7-6-10-19-21(22)18(17-8-4-3-5-9-17)11-14-23(19)20(25)12-15-26-2/h3-5,8-9,18-19,21H,6-7,10-15H2,1-2H3/t18-,19-,21-/m1/s1. The van der Waals surface area contributed by atoms with Gasteiger partial charge in [-0.1, -0.05) is 30.3 Å². The maximum Gasteiger partial charge on any atom is 0.225 e. The van der Waals surface area contributed by atoms with Crippen LogP contribution in [0.15, 0.2) is 30.3 Å². The molecule has 0 aliphatic carbocycles. The van der Waals surface area contributed by atoms with Crippen LogP contribution in [0.4, 0.5) is 0 Å². The summed E-state index contributed by atoms with van der Waals surface area (Å²) in [5, 5.41) is 0. The molecule has 0 spiro atoms. The highest BCUT2D eigenvalue weighted by Gasteiger charge is 2.44. The lowest BCUT2D eigenvalue weighted by Crippen LogP contribution is -2.60. The van der Waals surface area contributed by atoms with Crippen LogP contribution in [0.1, 0.15) is 50.5 Å². The summed E-state index contributed by atoms with van der Waals surface area (Å²) >= 11 is 0. The Bertz CT molecular complexity index is 619. The molecule has 2 fully saturated rings. The van der Waals surface area contributed by atoms with Gasteiger partial charge in [-0.25, -0.2) is 0 Å². The van der Waals surface area contributed by atoms with Gasteiger partial charge in [0.2, 0.25) is 11.8 Å². The second-order valence-electron chi connectivity index (χ2n) is 7.40. The smallest absolute Gasteiger partial charge is 0.225 e. The fourth-order valence-corrected chi connectivity index (χ4v) is 4.68. The van der Waals surface area contributed by atoms with Crippen LogP contribution < -0.4 is 0 Å². The van der Waals surface area contributed by atoms with Gasteiger partial charge in [-0.15, -0.1) is 0 Å². The Morgan fingerprint density at radius 1 is 1.08 bits per heavy atom. The molecule has 142 valence electrons. The fourth-order valence-electron chi connectivity index (χ4n) is 4.68. The number of benzene rings is 1. The molecule has 3 atom stereocenters. The Balaban J connectivity index is 1.93.